The van der Waals surface area contributed by atoms with E-state index >= 15 is 0 Å². The van der Waals surface area contributed by atoms with Gasteiger partial charge < -0.3 is 10.2 Å². The smallest absolute Gasteiger partial charge is 0.314 e. The first-order chi connectivity index (χ1) is 10.1. The lowest BCUT2D eigenvalue weighted by Crippen LogP contribution is -2.53. The molecular weight excluding hydrogens is 298 g/mol. The molecule has 0 saturated heterocycles. The van der Waals surface area contributed by atoms with Crippen LogP contribution in [0.2, 0.25) is 0 Å². The van der Waals surface area contributed by atoms with Crippen LogP contribution in [0.3, 0.4) is 0 Å². The first-order valence-corrected chi connectivity index (χ1v) is 8.28. The number of carboxylic acid groups (broad SMARTS) is 1. The molecule has 2 rings (SSSR count). The predicted molar refractivity (Wildman–Crippen MR) is 89.0 cm³/mol. The number of hydrogen-bond acceptors (Lipinski definition) is 4. The molecule has 0 aliphatic heterocycles. The fourth-order valence-corrected chi connectivity index (χ4v) is 4.50. The Balaban J connectivity index is 2.65. The maximum atomic E-state index is 12.2. The first kappa shape index (κ1) is 17.3. The standard InChI is InChI=1S/C17H25NO3S/c1-11(2)17(14(19)20)8-7-16(4,18-10-22)12-5-6-15(3,21)9-13(12)17/h9,11-12,21H,5-8H2,1-4H3,(H,19,20)/t12-,15-,16+,17+/m1/s1. The molecule has 2 aliphatic rings. The van der Waals surface area contributed by atoms with Gasteiger partial charge in [-0.05, 0) is 63.2 Å². The number of isothiocyanates is 1. The molecule has 0 spiro atoms. The first-order valence-electron chi connectivity index (χ1n) is 7.87. The van der Waals surface area contributed by atoms with Crippen molar-refractivity contribution in [2.24, 2.45) is 22.2 Å². The van der Waals surface area contributed by atoms with E-state index in [4.69, 9.17) is 12.2 Å². The molecule has 0 aromatic carbocycles. The Morgan fingerprint density at radius 1 is 1.41 bits per heavy atom. The number of aliphatic imine (C=N–C) groups is 1. The molecule has 0 amide bonds. The van der Waals surface area contributed by atoms with Crippen molar-refractivity contribution in [3.8, 4) is 0 Å². The maximum Gasteiger partial charge on any atom is 0.314 e. The summed E-state index contributed by atoms with van der Waals surface area (Å²) in [6, 6.07) is 0. The molecule has 0 bridgehead atoms. The van der Waals surface area contributed by atoms with Crippen LogP contribution in [0.1, 0.15) is 53.4 Å². The Labute approximate surface area is 137 Å². The lowest BCUT2D eigenvalue weighted by atomic mass is 9.52. The highest BCUT2D eigenvalue weighted by Gasteiger charge is 2.57. The van der Waals surface area contributed by atoms with E-state index in [1.54, 1.807) is 13.0 Å². The topological polar surface area (TPSA) is 69.9 Å². The van der Waals surface area contributed by atoms with E-state index in [1.807, 2.05) is 20.8 Å². The molecule has 0 unspecified atom stereocenters. The van der Waals surface area contributed by atoms with Gasteiger partial charge in [-0.25, -0.2) is 4.99 Å². The van der Waals surface area contributed by atoms with Crippen LogP contribution < -0.4 is 0 Å². The number of hydrogen-bond donors (Lipinski definition) is 2. The van der Waals surface area contributed by atoms with Crippen molar-refractivity contribution in [1.29, 1.82) is 0 Å². The minimum Gasteiger partial charge on any atom is -0.481 e. The third kappa shape index (κ3) is 2.55. The average Bonchev–Trinajstić information content (AvgIpc) is 2.37. The van der Waals surface area contributed by atoms with Crippen LogP contribution >= 0.6 is 12.2 Å². The quantitative estimate of drug-likeness (QED) is 0.474. The van der Waals surface area contributed by atoms with Crippen molar-refractivity contribution in [3.63, 3.8) is 0 Å². The van der Waals surface area contributed by atoms with Crippen LogP contribution in [0.25, 0.3) is 0 Å². The molecule has 0 heterocycles. The SMILES string of the molecule is CC(C)[C@@]1(C(=O)O)CC[C@](C)(N=C=S)[C@@H]2CC[C@@](C)(O)C=C21. The highest BCUT2D eigenvalue weighted by atomic mass is 32.1. The van der Waals surface area contributed by atoms with E-state index in [0.717, 1.165) is 12.0 Å². The van der Waals surface area contributed by atoms with E-state index < -0.39 is 22.5 Å². The third-order valence-corrected chi connectivity index (χ3v) is 5.83. The summed E-state index contributed by atoms with van der Waals surface area (Å²) in [5.41, 5.74) is -1.47. The molecule has 1 fully saturated rings. The zero-order valence-electron chi connectivity index (χ0n) is 13.7. The van der Waals surface area contributed by atoms with Gasteiger partial charge in [0.05, 0.1) is 21.7 Å². The highest BCUT2D eigenvalue weighted by molar-refractivity contribution is 7.78. The summed E-state index contributed by atoms with van der Waals surface area (Å²) < 4.78 is 0. The van der Waals surface area contributed by atoms with Gasteiger partial charge in [0.1, 0.15) is 0 Å². The fraction of sp³-hybridized carbons (Fsp3) is 0.765. The minimum absolute atomic E-state index is 0.00424. The summed E-state index contributed by atoms with van der Waals surface area (Å²) in [6.07, 6.45) is 4.29. The van der Waals surface area contributed by atoms with Crippen molar-refractivity contribution in [2.75, 3.05) is 0 Å². The molecule has 0 aromatic rings. The molecule has 122 valence electrons. The van der Waals surface area contributed by atoms with Gasteiger partial charge in [-0.2, -0.15) is 0 Å². The summed E-state index contributed by atoms with van der Waals surface area (Å²) in [7, 11) is 0. The molecule has 5 heteroatoms. The van der Waals surface area contributed by atoms with Crippen molar-refractivity contribution < 1.29 is 15.0 Å². The van der Waals surface area contributed by atoms with E-state index in [0.29, 0.717) is 19.3 Å². The molecule has 4 nitrogen and oxygen atoms in total. The molecule has 22 heavy (non-hydrogen) atoms. The van der Waals surface area contributed by atoms with Crippen LogP contribution in [0.15, 0.2) is 16.6 Å². The summed E-state index contributed by atoms with van der Waals surface area (Å²) in [5, 5.41) is 22.9. The van der Waals surface area contributed by atoms with Crippen LogP contribution in [0.4, 0.5) is 0 Å². The van der Waals surface area contributed by atoms with Crippen LogP contribution in [-0.4, -0.2) is 32.5 Å². The lowest BCUT2D eigenvalue weighted by Gasteiger charge is -2.53. The van der Waals surface area contributed by atoms with Crippen LogP contribution in [0.5, 0.6) is 0 Å². The Bertz CT molecular complexity index is 562. The second kappa shape index (κ2) is 5.55. The number of carbonyl (C=O) groups is 1. The summed E-state index contributed by atoms with van der Waals surface area (Å²) in [5.74, 6) is -0.853. The Morgan fingerprint density at radius 2 is 2.05 bits per heavy atom. The number of carboxylic acids is 1. The molecule has 2 aliphatic carbocycles. The van der Waals surface area contributed by atoms with Crippen molar-refractivity contribution >= 4 is 23.3 Å². The zero-order chi connectivity index (χ0) is 16.8. The summed E-state index contributed by atoms with van der Waals surface area (Å²) in [4.78, 5) is 16.5. The molecule has 4 atom stereocenters. The van der Waals surface area contributed by atoms with Gasteiger partial charge in [0, 0.05) is 5.92 Å². The molecule has 0 radical (unpaired) electrons. The van der Waals surface area contributed by atoms with Gasteiger partial charge in [-0.3, -0.25) is 4.79 Å². The van der Waals surface area contributed by atoms with Crippen molar-refractivity contribution in [1.82, 2.24) is 0 Å². The Hall–Kier alpha value is -1.03. The lowest BCUT2D eigenvalue weighted by molar-refractivity contribution is -0.152. The van der Waals surface area contributed by atoms with Crippen molar-refractivity contribution in [2.45, 2.75) is 64.5 Å². The summed E-state index contributed by atoms with van der Waals surface area (Å²) in [6.45, 7) is 7.66. The molecule has 0 aromatic heterocycles. The number of aliphatic carboxylic acids is 1. The average molecular weight is 323 g/mol. The van der Waals surface area contributed by atoms with E-state index in [9.17, 15) is 15.0 Å². The Morgan fingerprint density at radius 3 is 2.55 bits per heavy atom. The number of nitrogens with zero attached hydrogens (tertiary/aromatic N) is 1. The van der Waals surface area contributed by atoms with Gasteiger partial charge in [0.25, 0.3) is 0 Å². The number of thiocarbonyl (C=S) groups is 1. The monoisotopic (exact) mass is 323 g/mol. The van der Waals surface area contributed by atoms with Gasteiger partial charge in [-0.1, -0.05) is 19.9 Å². The fourth-order valence-electron chi connectivity index (χ4n) is 4.29. The normalized spacial score (nSPS) is 41.4. The maximum absolute atomic E-state index is 12.2. The van der Waals surface area contributed by atoms with Gasteiger partial charge in [-0.15, -0.1) is 0 Å². The predicted octanol–water partition coefficient (Wildman–Crippen LogP) is 3.46. The molecule has 2 N–H and O–H groups in total. The van der Waals surface area contributed by atoms with Crippen LogP contribution in [0, 0.1) is 17.3 Å². The number of fused-ring (bicyclic) bond motifs is 1. The largest absolute Gasteiger partial charge is 0.481 e. The molecular formula is C17H25NO3S. The second-order valence-electron chi connectivity index (χ2n) is 7.54. The van der Waals surface area contributed by atoms with Crippen molar-refractivity contribution in [3.05, 3.63) is 11.6 Å². The van der Waals surface area contributed by atoms with Crippen LogP contribution in [-0.2, 0) is 4.79 Å². The Kier molecular flexibility index (Phi) is 4.37. The summed E-state index contributed by atoms with van der Waals surface area (Å²) >= 11 is 4.80. The van der Waals surface area contributed by atoms with E-state index in [-0.39, 0.29) is 11.8 Å². The van der Waals surface area contributed by atoms with E-state index in [1.165, 1.54) is 0 Å². The highest BCUT2D eigenvalue weighted by Crippen LogP contribution is 2.57. The van der Waals surface area contributed by atoms with Gasteiger partial charge in [0.2, 0.25) is 0 Å². The second-order valence-corrected chi connectivity index (χ2v) is 7.72. The molecule has 1 saturated carbocycles. The minimum atomic E-state index is -0.957. The zero-order valence-corrected chi connectivity index (χ0v) is 14.5. The number of rotatable bonds is 3. The third-order valence-electron chi connectivity index (χ3n) is 5.74. The van der Waals surface area contributed by atoms with E-state index in [2.05, 4.69) is 10.2 Å². The van der Waals surface area contributed by atoms with Gasteiger partial charge >= 0.3 is 5.97 Å². The van der Waals surface area contributed by atoms with Gasteiger partial charge in [0.15, 0.2) is 0 Å². The number of aliphatic hydroxyl groups is 1.